The molecule has 0 bridgehead atoms. The van der Waals surface area contributed by atoms with Crippen LogP contribution in [-0.4, -0.2) is 109 Å². The number of amides is 1. The fraction of sp³-hybridized carbons (Fsp3) is 0.394. The number of hydrogen-bond donors (Lipinski definition) is 3. The van der Waals surface area contributed by atoms with Crippen LogP contribution in [0.4, 0.5) is 27.8 Å². The van der Waals surface area contributed by atoms with Gasteiger partial charge >= 0.3 is 0 Å². The molecule has 0 radical (unpaired) electrons. The lowest BCUT2D eigenvalue weighted by Crippen LogP contribution is -2.45. The van der Waals surface area contributed by atoms with Crippen molar-refractivity contribution < 1.29 is 13.9 Å². The number of likely N-dealkylation sites (N-methyl/N-ethyl adjacent to an activating group) is 1. The number of rotatable bonds is 9. The molecule has 7 rings (SSSR count). The molecule has 1 amide bonds. The number of benzene rings is 1. The van der Waals surface area contributed by atoms with E-state index in [1.54, 1.807) is 10.9 Å². The molecule has 2 aliphatic heterocycles. The zero-order valence-corrected chi connectivity index (χ0v) is 27.5. The van der Waals surface area contributed by atoms with Gasteiger partial charge in [-0.25, -0.2) is 15.0 Å². The molecule has 6 heterocycles. The van der Waals surface area contributed by atoms with Crippen LogP contribution in [0.5, 0.6) is 5.88 Å². The van der Waals surface area contributed by atoms with Crippen molar-refractivity contribution in [3.05, 3.63) is 59.9 Å². The molecule has 3 N–H and O–H groups in total. The molecule has 14 nitrogen and oxygen atoms in total. The van der Waals surface area contributed by atoms with Gasteiger partial charge < -0.3 is 30.2 Å². The van der Waals surface area contributed by atoms with Crippen LogP contribution in [-0.2, 0) is 11.8 Å². The third-order valence-corrected chi connectivity index (χ3v) is 8.93. The van der Waals surface area contributed by atoms with E-state index in [0.29, 0.717) is 42.9 Å². The Morgan fingerprint density at radius 1 is 1.08 bits per heavy atom. The lowest BCUT2D eigenvalue weighted by Gasteiger charge is -2.32. The summed E-state index contributed by atoms with van der Waals surface area (Å²) in [5.74, 6) is 0.801. The second kappa shape index (κ2) is 13.2. The standard InChI is InChI=1S/C33H39FN12O2/c1-20-15-36-32(39-27-14-21(2)44(4)42-27)40-29(20)24-16-35-30-23(24)6-5-7-26(30)38-28(47)19-45-9-8-22(18-45)48-31-25(34)17-37-33(41-31)46-12-10-43(3)11-13-46/h5-7,14-17,22,35H,8-13,18-19H2,1-4H3,(H,38,47)(H,36,39,40,42). The fourth-order valence-electron chi connectivity index (χ4n) is 6.14. The molecule has 2 aliphatic rings. The Morgan fingerprint density at radius 3 is 2.71 bits per heavy atom. The summed E-state index contributed by atoms with van der Waals surface area (Å²) in [6.07, 6.45) is 5.23. The molecule has 1 unspecified atom stereocenters. The van der Waals surface area contributed by atoms with Crippen molar-refractivity contribution in [2.75, 3.05) is 68.4 Å². The number of aryl methyl sites for hydroxylation is 3. The van der Waals surface area contributed by atoms with Gasteiger partial charge in [0.15, 0.2) is 5.82 Å². The minimum absolute atomic E-state index is 0.0434. The van der Waals surface area contributed by atoms with Crippen LogP contribution < -0.4 is 20.3 Å². The molecule has 2 saturated heterocycles. The van der Waals surface area contributed by atoms with Crippen LogP contribution in [0.25, 0.3) is 22.2 Å². The number of para-hydroxylation sites is 1. The van der Waals surface area contributed by atoms with E-state index >= 15 is 0 Å². The quantitative estimate of drug-likeness (QED) is 0.215. The molecular formula is C33H39FN12O2. The molecule has 5 aromatic rings. The predicted molar refractivity (Wildman–Crippen MR) is 181 cm³/mol. The number of piperazine rings is 1. The maximum Gasteiger partial charge on any atom is 0.255 e. The lowest BCUT2D eigenvalue weighted by molar-refractivity contribution is -0.117. The summed E-state index contributed by atoms with van der Waals surface area (Å²) in [6, 6.07) is 7.71. The number of likely N-dealkylation sites (tertiary alicyclic amines) is 1. The molecular weight excluding hydrogens is 615 g/mol. The Bertz CT molecular complexity index is 1930. The number of nitrogens with zero attached hydrogens (tertiary/aromatic N) is 9. The average molecular weight is 655 g/mol. The zero-order chi connectivity index (χ0) is 33.4. The van der Waals surface area contributed by atoms with E-state index in [2.05, 4.69) is 47.6 Å². The number of halogens is 1. The third-order valence-electron chi connectivity index (χ3n) is 8.93. The summed E-state index contributed by atoms with van der Waals surface area (Å²) in [5, 5.41) is 11.6. The summed E-state index contributed by atoms with van der Waals surface area (Å²) in [6.45, 7) is 8.59. The van der Waals surface area contributed by atoms with Gasteiger partial charge in [0.1, 0.15) is 6.10 Å². The highest BCUT2D eigenvalue weighted by Crippen LogP contribution is 2.33. The van der Waals surface area contributed by atoms with Gasteiger partial charge in [-0.2, -0.15) is 14.5 Å². The highest BCUT2D eigenvalue weighted by Gasteiger charge is 2.28. The predicted octanol–water partition coefficient (Wildman–Crippen LogP) is 3.49. The lowest BCUT2D eigenvalue weighted by atomic mass is 10.1. The molecule has 4 aromatic heterocycles. The largest absolute Gasteiger partial charge is 0.471 e. The van der Waals surface area contributed by atoms with E-state index in [1.807, 2.05) is 61.2 Å². The molecule has 1 aromatic carbocycles. The van der Waals surface area contributed by atoms with E-state index in [1.165, 1.54) is 6.20 Å². The van der Waals surface area contributed by atoms with Gasteiger partial charge in [0.05, 0.1) is 29.6 Å². The Kier molecular flexibility index (Phi) is 8.62. The first-order valence-electron chi connectivity index (χ1n) is 16.1. The normalized spacial score (nSPS) is 17.3. The van der Waals surface area contributed by atoms with Crippen LogP contribution in [0.3, 0.4) is 0 Å². The maximum absolute atomic E-state index is 14.6. The minimum atomic E-state index is -0.588. The summed E-state index contributed by atoms with van der Waals surface area (Å²) in [4.78, 5) is 40.7. The number of carbonyl (C=O) groups excluding carboxylic acids is 1. The number of hydrogen-bond acceptors (Lipinski definition) is 11. The smallest absolute Gasteiger partial charge is 0.255 e. The van der Waals surface area contributed by atoms with Crippen LogP contribution in [0, 0.1) is 19.7 Å². The number of fused-ring (bicyclic) bond motifs is 1. The van der Waals surface area contributed by atoms with Gasteiger partial charge in [-0.3, -0.25) is 14.4 Å². The zero-order valence-electron chi connectivity index (χ0n) is 27.5. The van der Waals surface area contributed by atoms with Gasteiger partial charge in [0.2, 0.25) is 23.6 Å². The number of nitrogens with one attached hydrogen (secondary N) is 3. The first-order chi connectivity index (χ1) is 23.2. The number of aromatic nitrogens is 7. The molecule has 0 aliphatic carbocycles. The molecule has 0 spiro atoms. The second-order valence-electron chi connectivity index (χ2n) is 12.5. The van der Waals surface area contributed by atoms with Gasteiger partial charge in [0, 0.05) is 81.4 Å². The van der Waals surface area contributed by atoms with Crippen molar-refractivity contribution in [3.63, 3.8) is 0 Å². The molecule has 1 atom stereocenters. The average Bonchev–Trinajstić information content (AvgIpc) is 3.78. The van der Waals surface area contributed by atoms with Crippen LogP contribution in [0.15, 0.2) is 42.9 Å². The Hall–Kier alpha value is -5.15. The summed E-state index contributed by atoms with van der Waals surface area (Å²) < 4.78 is 22.4. The topological polar surface area (TPSA) is 145 Å². The molecule has 250 valence electrons. The molecule has 15 heteroatoms. The number of H-pyrrole nitrogens is 1. The number of carbonyl (C=O) groups is 1. The molecule has 0 saturated carbocycles. The van der Waals surface area contributed by atoms with Crippen molar-refractivity contribution >= 4 is 40.2 Å². The monoisotopic (exact) mass is 654 g/mol. The van der Waals surface area contributed by atoms with Crippen molar-refractivity contribution in [1.29, 1.82) is 0 Å². The van der Waals surface area contributed by atoms with Crippen LogP contribution in [0.2, 0.25) is 0 Å². The van der Waals surface area contributed by atoms with E-state index in [4.69, 9.17) is 9.72 Å². The number of ether oxygens (including phenoxy) is 1. The Labute approximate surface area is 277 Å². The minimum Gasteiger partial charge on any atom is -0.471 e. The third kappa shape index (κ3) is 6.64. The first kappa shape index (κ1) is 31.4. The Morgan fingerprint density at radius 2 is 1.92 bits per heavy atom. The van der Waals surface area contributed by atoms with Crippen LogP contribution in [0.1, 0.15) is 17.7 Å². The second-order valence-corrected chi connectivity index (χ2v) is 12.5. The number of aromatic amines is 1. The van der Waals surface area contributed by atoms with Crippen molar-refractivity contribution in [3.8, 4) is 17.1 Å². The highest BCUT2D eigenvalue weighted by atomic mass is 19.1. The van der Waals surface area contributed by atoms with E-state index < -0.39 is 5.82 Å². The Balaban J connectivity index is 0.991. The SMILES string of the molecule is Cc1cnc(Nc2cc(C)n(C)n2)nc1-c1c[nH]c2c(NC(=O)CN3CCC(Oc4nc(N5CCN(C)CC5)ncc4F)C3)cccc12. The van der Waals surface area contributed by atoms with E-state index in [9.17, 15) is 9.18 Å². The van der Waals surface area contributed by atoms with Crippen molar-refractivity contribution in [2.45, 2.75) is 26.4 Å². The van der Waals surface area contributed by atoms with Gasteiger partial charge in [-0.1, -0.05) is 12.1 Å². The highest BCUT2D eigenvalue weighted by molar-refractivity contribution is 6.06. The maximum atomic E-state index is 14.6. The summed E-state index contributed by atoms with van der Waals surface area (Å²) in [5.41, 5.74) is 5.07. The van der Waals surface area contributed by atoms with E-state index in [0.717, 1.165) is 59.6 Å². The fourth-order valence-corrected chi connectivity index (χ4v) is 6.14. The van der Waals surface area contributed by atoms with Crippen molar-refractivity contribution in [1.82, 2.24) is 44.5 Å². The molecule has 2 fully saturated rings. The van der Waals surface area contributed by atoms with Crippen LogP contribution >= 0.6 is 0 Å². The number of anilines is 4. The summed E-state index contributed by atoms with van der Waals surface area (Å²) >= 11 is 0. The van der Waals surface area contributed by atoms with Gasteiger partial charge in [-0.15, -0.1) is 0 Å². The first-order valence-corrected chi connectivity index (χ1v) is 16.1. The summed E-state index contributed by atoms with van der Waals surface area (Å²) in [7, 11) is 3.95. The molecule has 48 heavy (non-hydrogen) atoms. The van der Waals surface area contributed by atoms with E-state index in [-0.39, 0.29) is 24.4 Å². The van der Waals surface area contributed by atoms with Crippen molar-refractivity contribution in [2.24, 2.45) is 7.05 Å². The van der Waals surface area contributed by atoms with Gasteiger partial charge in [-0.05, 0) is 38.9 Å². The van der Waals surface area contributed by atoms with Gasteiger partial charge in [0.25, 0.3) is 5.88 Å².